The van der Waals surface area contributed by atoms with Gasteiger partial charge in [0.15, 0.2) is 0 Å². The van der Waals surface area contributed by atoms with Gasteiger partial charge in [-0.2, -0.15) is 5.10 Å². The molecule has 4 rings (SSSR count). The van der Waals surface area contributed by atoms with Crippen LogP contribution in [0.2, 0.25) is 0 Å². The van der Waals surface area contributed by atoms with E-state index in [1.165, 1.54) is 6.20 Å². The van der Waals surface area contributed by atoms with E-state index in [2.05, 4.69) is 29.2 Å². The minimum Gasteiger partial charge on any atom is -0.322 e. The maximum absolute atomic E-state index is 12.7. The van der Waals surface area contributed by atoms with Crippen LogP contribution < -0.4 is 10.9 Å². The van der Waals surface area contributed by atoms with E-state index in [0.717, 1.165) is 5.56 Å². The van der Waals surface area contributed by atoms with Crippen LogP contribution in [0.1, 0.15) is 35.7 Å². The number of carbonyl (C=O) groups excluding carboxylic acids is 1. The lowest BCUT2D eigenvalue weighted by molar-refractivity contribution is 0.102. The van der Waals surface area contributed by atoms with Gasteiger partial charge in [0.05, 0.1) is 17.1 Å². The number of carbonyl (C=O) groups is 1. The fourth-order valence-electron chi connectivity index (χ4n) is 3.02. The molecule has 2 heterocycles. The van der Waals surface area contributed by atoms with Gasteiger partial charge in [0.25, 0.3) is 11.5 Å². The van der Waals surface area contributed by atoms with Crippen molar-refractivity contribution in [2.75, 3.05) is 5.32 Å². The standard InChI is InChI=1S/C20H18N4O2/c1-12(2)13-6-5-7-14(10-13)22-20(26)16-11-21-24-17-9-4-3-8-15(17)19(25)23-18(16)24/h3-12H,1-2H3,(H,22,26)(H,23,25). The first kappa shape index (κ1) is 16.1. The summed E-state index contributed by atoms with van der Waals surface area (Å²) in [5, 5.41) is 7.69. The number of hydrogen-bond acceptors (Lipinski definition) is 3. The lowest BCUT2D eigenvalue weighted by Gasteiger charge is -2.09. The molecule has 0 aliphatic heterocycles. The highest BCUT2D eigenvalue weighted by Gasteiger charge is 2.16. The Hall–Kier alpha value is -3.41. The van der Waals surface area contributed by atoms with Crippen molar-refractivity contribution in [3.8, 4) is 0 Å². The molecule has 0 spiro atoms. The molecule has 0 unspecified atom stereocenters. The Morgan fingerprint density at radius 2 is 1.96 bits per heavy atom. The highest BCUT2D eigenvalue weighted by Crippen LogP contribution is 2.20. The SMILES string of the molecule is CC(C)c1cccc(NC(=O)c2cnn3c2[nH]c(=O)c2ccccc23)c1. The fraction of sp³-hybridized carbons (Fsp3) is 0.150. The molecular weight excluding hydrogens is 328 g/mol. The zero-order valence-corrected chi connectivity index (χ0v) is 14.5. The topological polar surface area (TPSA) is 79.3 Å². The molecule has 0 saturated heterocycles. The zero-order valence-electron chi connectivity index (χ0n) is 14.5. The van der Waals surface area contributed by atoms with Gasteiger partial charge >= 0.3 is 0 Å². The molecule has 0 radical (unpaired) electrons. The number of rotatable bonds is 3. The van der Waals surface area contributed by atoms with Gasteiger partial charge in [-0.15, -0.1) is 0 Å². The summed E-state index contributed by atoms with van der Waals surface area (Å²) in [7, 11) is 0. The minimum absolute atomic E-state index is 0.246. The third kappa shape index (κ3) is 2.65. The maximum Gasteiger partial charge on any atom is 0.261 e. The Balaban J connectivity index is 1.76. The van der Waals surface area contributed by atoms with Crippen LogP contribution in [-0.4, -0.2) is 20.5 Å². The molecule has 0 aliphatic rings. The normalized spacial score (nSPS) is 11.3. The van der Waals surface area contributed by atoms with Crippen LogP contribution in [0.4, 0.5) is 5.69 Å². The third-order valence-electron chi connectivity index (χ3n) is 4.43. The van der Waals surface area contributed by atoms with Crippen LogP contribution in [-0.2, 0) is 0 Å². The third-order valence-corrected chi connectivity index (χ3v) is 4.43. The van der Waals surface area contributed by atoms with Gasteiger partial charge in [-0.1, -0.05) is 38.1 Å². The molecule has 0 aliphatic carbocycles. The van der Waals surface area contributed by atoms with Crippen LogP contribution in [0, 0.1) is 0 Å². The quantitative estimate of drug-likeness (QED) is 0.595. The van der Waals surface area contributed by atoms with E-state index in [1.807, 2.05) is 30.3 Å². The number of hydrogen-bond donors (Lipinski definition) is 2. The molecule has 0 bridgehead atoms. The lowest BCUT2D eigenvalue weighted by atomic mass is 10.0. The number of H-pyrrole nitrogens is 1. The van der Waals surface area contributed by atoms with Crippen LogP contribution >= 0.6 is 0 Å². The van der Waals surface area contributed by atoms with Gasteiger partial charge in [0.2, 0.25) is 0 Å². The summed E-state index contributed by atoms with van der Waals surface area (Å²) >= 11 is 0. The molecule has 6 nitrogen and oxygen atoms in total. The van der Waals surface area contributed by atoms with Crippen molar-refractivity contribution < 1.29 is 4.79 Å². The van der Waals surface area contributed by atoms with E-state index in [0.29, 0.717) is 33.7 Å². The molecule has 26 heavy (non-hydrogen) atoms. The summed E-state index contributed by atoms with van der Waals surface area (Å²) in [6.07, 6.45) is 1.47. The number of benzene rings is 2. The molecule has 0 atom stereocenters. The Bertz CT molecular complexity index is 1190. The number of nitrogens with zero attached hydrogens (tertiary/aromatic N) is 2. The van der Waals surface area contributed by atoms with Crippen molar-refractivity contribution in [1.29, 1.82) is 0 Å². The number of aromatic amines is 1. The zero-order chi connectivity index (χ0) is 18.3. The van der Waals surface area contributed by atoms with Gasteiger partial charge < -0.3 is 10.3 Å². The van der Waals surface area contributed by atoms with Crippen LogP contribution in [0.5, 0.6) is 0 Å². The number of nitrogens with one attached hydrogen (secondary N) is 2. The number of para-hydroxylation sites is 1. The fourth-order valence-corrected chi connectivity index (χ4v) is 3.02. The van der Waals surface area contributed by atoms with Crippen molar-refractivity contribution in [2.24, 2.45) is 0 Å². The number of amides is 1. The molecule has 4 aromatic rings. The second kappa shape index (κ2) is 6.15. The number of fused-ring (bicyclic) bond motifs is 3. The minimum atomic E-state index is -0.313. The van der Waals surface area contributed by atoms with E-state index in [1.54, 1.807) is 22.7 Å². The van der Waals surface area contributed by atoms with Crippen LogP contribution in [0.15, 0.2) is 59.5 Å². The smallest absolute Gasteiger partial charge is 0.261 e. The highest BCUT2D eigenvalue weighted by molar-refractivity contribution is 6.08. The lowest BCUT2D eigenvalue weighted by Crippen LogP contribution is -2.15. The van der Waals surface area contributed by atoms with Crippen LogP contribution in [0.3, 0.4) is 0 Å². The first-order chi connectivity index (χ1) is 12.5. The highest BCUT2D eigenvalue weighted by atomic mass is 16.2. The van der Waals surface area contributed by atoms with E-state index in [4.69, 9.17) is 0 Å². The molecule has 130 valence electrons. The summed E-state index contributed by atoms with van der Waals surface area (Å²) in [6, 6.07) is 14.9. The van der Waals surface area contributed by atoms with Crippen molar-refractivity contribution in [3.63, 3.8) is 0 Å². The molecule has 0 saturated carbocycles. The summed E-state index contributed by atoms with van der Waals surface area (Å²) in [5.41, 5.74) is 2.97. The molecular formula is C20H18N4O2. The summed E-state index contributed by atoms with van der Waals surface area (Å²) in [5.74, 6) is 0.0541. The predicted octanol–water partition coefficient (Wildman–Crippen LogP) is 3.55. The van der Waals surface area contributed by atoms with Gasteiger partial charge in [-0.3, -0.25) is 9.59 Å². The van der Waals surface area contributed by atoms with Crippen molar-refractivity contribution in [2.45, 2.75) is 19.8 Å². The van der Waals surface area contributed by atoms with E-state index in [9.17, 15) is 9.59 Å². The van der Waals surface area contributed by atoms with Gasteiger partial charge in [-0.05, 0) is 35.7 Å². The first-order valence-corrected chi connectivity index (χ1v) is 8.44. The monoisotopic (exact) mass is 346 g/mol. The Morgan fingerprint density at radius 3 is 2.77 bits per heavy atom. The largest absolute Gasteiger partial charge is 0.322 e. The summed E-state index contributed by atoms with van der Waals surface area (Å²) in [4.78, 5) is 27.8. The Labute approximate surface area is 149 Å². The van der Waals surface area contributed by atoms with Gasteiger partial charge in [-0.25, -0.2) is 4.52 Å². The van der Waals surface area contributed by atoms with E-state index >= 15 is 0 Å². The Morgan fingerprint density at radius 1 is 1.15 bits per heavy atom. The molecule has 2 N–H and O–H groups in total. The van der Waals surface area contributed by atoms with Gasteiger partial charge in [0, 0.05) is 5.69 Å². The van der Waals surface area contributed by atoms with Crippen molar-refractivity contribution in [1.82, 2.24) is 14.6 Å². The van der Waals surface area contributed by atoms with Crippen LogP contribution in [0.25, 0.3) is 16.6 Å². The predicted molar refractivity (Wildman–Crippen MR) is 102 cm³/mol. The molecule has 0 fully saturated rings. The van der Waals surface area contributed by atoms with Crippen molar-refractivity contribution in [3.05, 3.63) is 76.2 Å². The van der Waals surface area contributed by atoms with Crippen molar-refractivity contribution >= 4 is 28.1 Å². The molecule has 2 aromatic carbocycles. The summed E-state index contributed by atoms with van der Waals surface area (Å²) in [6.45, 7) is 4.20. The first-order valence-electron chi connectivity index (χ1n) is 8.44. The number of aromatic nitrogens is 3. The van der Waals surface area contributed by atoms with E-state index in [-0.39, 0.29) is 11.5 Å². The van der Waals surface area contributed by atoms with Gasteiger partial charge in [0.1, 0.15) is 11.2 Å². The Kier molecular flexibility index (Phi) is 3.80. The molecule has 1 amide bonds. The second-order valence-corrected chi connectivity index (χ2v) is 6.52. The second-order valence-electron chi connectivity index (χ2n) is 6.52. The number of anilines is 1. The van der Waals surface area contributed by atoms with E-state index < -0.39 is 0 Å². The summed E-state index contributed by atoms with van der Waals surface area (Å²) < 4.78 is 1.58. The average Bonchev–Trinajstić information content (AvgIpc) is 3.06. The average molecular weight is 346 g/mol. The maximum atomic E-state index is 12.7. The molecule has 2 aromatic heterocycles. The molecule has 6 heteroatoms.